The van der Waals surface area contributed by atoms with Gasteiger partial charge in [-0.1, -0.05) is 24.6 Å². The molecule has 1 amide bonds. The average molecular weight is 348 g/mol. The molecule has 2 aromatic rings. The number of carbonyl (C=O) groups excluding carboxylic acids is 1. The predicted molar refractivity (Wildman–Crippen MR) is 93.7 cm³/mol. The van der Waals surface area contributed by atoms with Crippen molar-refractivity contribution in [1.29, 1.82) is 0 Å². The highest BCUT2D eigenvalue weighted by Crippen LogP contribution is 2.21. The molecule has 0 bridgehead atoms. The number of hydrogen-bond donors (Lipinski definition) is 2. The molecule has 1 saturated carbocycles. The quantitative estimate of drug-likeness (QED) is 0.893. The van der Waals surface area contributed by atoms with E-state index < -0.39 is 0 Å². The number of hydrogen-bond acceptors (Lipinski definition) is 3. The standard InChI is InChI=1S/C18H22ClN3O2/c1-2-17-16(18(24)21-13-6-8-15(23)9-7-13)11-20-22(17)14-5-3-4-12(19)10-14/h3-5,10-11,13,15,23H,2,6-9H2,1H3,(H,21,24). The summed E-state index contributed by atoms with van der Waals surface area (Å²) < 4.78 is 1.77. The van der Waals surface area contributed by atoms with Gasteiger partial charge in [-0.3, -0.25) is 4.79 Å². The van der Waals surface area contributed by atoms with Crippen molar-refractivity contribution >= 4 is 17.5 Å². The van der Waals surface area contributed by atoms with Gasteiger partial charge in [-0.2, -0.15) is 5.10 Å². The Labute approximate surface area is 146 Å². The Morgan fingerprint density at radius 2 is 2.12 bits per heavy atom. The van der Waals surface area contributed by atoms with E-state index in [9.17, 15) is 9.90 Å². The van der Waals surface area contributed by atoms with Gasteiger partial charge in [-0.05, 0) is 50.3 Å². The third-order valence-corrected chi connectivity index (χ3v) is 4.77. The van der Waals surface area contributed by atoms with Crippen LogP contribution in [0.1, 0.15) is 48.7 Å². The first-order chi connectivity index (χ1) is 11.6. The van der Waals surface area contributed by atoms with Crippen LogP contribution in [0.25, 0.3) is 5.69 Å². The predicted octanol–water partition coefficient (Wildman–Crippen LogP) is 3.12. The lowest BCUT2D eigenvalue weighted by atomic mass is 9.93. The van der Waals surface area contributed by atoms with Crippen LogP contribution in [-0.2, 0) is 6.42 Å². The molecule has 0 unspecified atom stereocenters. The fraction of sp³-hybridized carbons (Fsp3) is 0.444. The van der Waals surface area contributed by atoms with Crippen LogP contribution in [0, 0.1) is 0 Å². The Bertz CT molecular complexity index is 721. The van der Waals surface area contributed by atoms with Gasteiger partial charge < -0.3 is 10.4 Å². The number of aliphatic hydroxyl groups excluding tert-OH is 1. The molecule has 0 aliphatic heterocycles. The summed E-state index contributed by atoms with van der Waals surface area (Å²) in [7, 11) is 0. The first kappa shape index (κ1) is 17.0. The fourth-order valence-electron chi connectivity index (χ4n) is 3.22. The molecule has 1 heterocycles. The molecular weight excluding hydrogens is 326 g/mol. The number of amides is 1. The van der Waals surface area contributed by atoms with Gasteiger partial charge in [0.1, 0.15) is 0 Å². The fourth-order valence-corrected chi connectivity index (χ4v) is 3.40. The molecule has 0 radical (unpaired) electrons. The molecule has 1 fully saturated rings. The maximum Gasteiger partial charge on any atom is 0.254 e. The molecule has 24 heavy (non-hydrogen) atoms. The van der Waals surface area contributed by atoms with Crippen LogP contribution in [0.2, 0.25) is 5.02 Å². The van der Waals surface area contributed by atoms with Crippen LogP contribution < -0.4 is 5.32 Å². The van der Waals surface area contributed by atoms with Crippen LogP contribution in [0.15, 0.2) is 30.5 Å². The van der Waals surface area contributed by atoms with Crippen LogP contribution in [-0.4, -0.2) is 32.9 Å². The summed E-state index contributed by atoms with van der Waals surface area (Å²) in [6.07, 6.45) is 5.20. The molecule has 1 aliphatic rings. The highest BCUT2D eigenvalue weighted by atomic mass is 35.5. The van der Waals surface area contributed by atoms with Gasteiger partial charge in [0.05, 0.1) is 29.2 Å². The highest BCUT2D eigenvalue weighted by molar-refractivity contribution is 6.30. The molecule has 5 nitrogen and oxygen atoms in total. The van der Waals surface area contributed by atoms with Gasteiger partial charge in [0.25, 0.3) is 5.91 Å². The van der Waals surface area contributed by atoms with Crippen molar-refractivity contribution in [1.82, 2.24) is 15.1 Å². The monoisotopic (exact) mass is 347 g/mol. The number of aromatic nitrogens is 2. The van der Waals surface area contributed by atoms with Gasteiger partial charge >= 0.3 is 0 Å². The van der Waals surface area contributed by atoms with Crippen molar-refractivity contribution in [2.45, 2.75) is 51.2 Å². The average Bonchev–Trinajstić information content (AvgIpc) is 3.01. The van der Waals surface area contributed by atoms with Gasteiger partial charge in [-0.15, -0.1) is 0 Å². The summed E-state index contributed by atoms with van der Waals surface area (Å²) in [5.74, 6) is -0.0958. The number of rotatable bonds is 4. The van der Waals surface area contributed by atoms with Crippen molar-refractivity contribution in [2.24, 2.45) is 0 Å². The van der Waals surface area contributed by atoms with Crippen LogP contribution >= 0.6 is 11.6 Å². The van der Waals surface area contributed by atoms with Crippen LogP contribution in [0.4, 0.5) is 0 Å². The molecule has 128 valence electrons. The number of benzene rings is 1. The normalized spacial score (nSPS) is 20.8. The Morgan fingerprint density at radius 3 is 2.79 bits per heavy atom. The Hall–Kier alpha value is -1.85. The molecule has 6 heteroatoms. The first-order valence-electron chi connectivity index (χ1n) is 8.40. The minimum atomic E-state index is -0.227. The zero-order valence-electron chi connectivity index (χ0n) is 13.7. The number of aliphatic hydroxyl groups is 1. The third kappa shape index (κ3) is 3.62. The number of nitrogens with one attached hydrogen (secondary N) is 1. The van der Waals surface area contributed by atoms with E-state index in [1.165, 1.54) is 0 Å². The molecule has 1 aromatic carbocycles. The maximum atomic E-state index is 12.6. The number of nitrogens with zero attached hydrogens (tertiary/aromatic N) is 2. The van der Waals surface area contributed by atoms with Crippen LogP contribution in [0.5, 0.6) is 0 Å². The smallest absolute Gasteiger partial charge is 0.254 e. The molecule has 0 atom stereocenters. The van der Waals surface area contributed by atoms with E-state index in [1.54, 1.807) is 10.9 Å². The van der Waals surface area contributed by atoms with Gasteiger partial charge in [0, 0.05) is 11.1 Å². The molecule has 2 N–H and O–H groups in total. The summed E-state index contributed by atoms with van der Waals surface area (Å²) in [6, 6.07) is 7.55. The third-order valence-electron chi connectivity index (χ3n) is 4.53. The van der Waals surface area contributed by atoms with Gasteiger partial charge in [0.2, 0.25) is 0 Å². The zero-order chi connectivity index (χ0) is 17.1. The second-order valence-corrected chi connectivity index (χ2v) is 6.67. The van der Waals surface area contributed by atoms with E-state index in [-0.39, 0.29) is 18.1 Å². The summed E-state index contributed by atoms with van der Waals surface area (Å²) in [6.45, 7) is 2.01. The Balaban J connectivity index is 1.80. The van der Waals surface area contributed by atoms with Crippen molar-refractivity contribution in [3.63, 3.8) is 0 Å². The van der Waals surface area contributed by atoms with E-state index in [2.05, 4.69) is 10.4 Å². The van der Waals surface area contributed by atoms with Crippen molar-refractivity contribution in [3.8, 4) is 5.69 Å². The lowest BCUT2D eigenvalue weighted by Crippen LogP contribution is -2.38. The summed E-state index contributed by atoms with van der Waals surface area (Å²) in [4.78, 5) is 12.6. The second-order valence-electron chi connectivity index (χ2n) is 6.23. The lowest BCUT2D eigenvalue weighted by Gasteiger charge is -2.26. The van der Waals surface area contributed by atoms with E-state index in [0.29, 0.717) is 17.0 Å². The van der Waals surface area contributed by atoms with E-state index in [0.717, 1.165) is 37.1 Å². The van der Waals surface area contributed by atoms with E-state index >= 15 is 0 Å². The first-order valence-corrected chi connectivity index (χ1v) is 8.78. The van der Waals surface area contributed by atoms with Crippen molar-refractivity contribution in [3.05, 3.63) is 46.7 Å². The van der Waals surface area contributed by atoms with Gasteiger partial charge in [-0.25, -0.2) is 4.68 Å². The Morgan fingerprint density at radius 1 is 1.38 bits per heavy atom. The summed E-state index contributed by atoms with van der Waals surface area (Å²) in [5, 5.41) is 17.7. The summed E-state index contributed by atoms with van der Waals surface area (Å²) in [5.41, 5.74) is 2.31. The van der Waals surface area contributed by atoms with Crippen molar-refractivity contribution in [2.75, 3.05) is 0 Å². The zero-order valence-corrected chi connectivity index (χ0v) is 14.5. The molecule has 0 saturated heterocycles. The highest BCUT2D eigenvalue weighted by Gasteiger charge is 2.23. The Kier molecular flexibility index (Phi) is 5.21. The molecule has 3 rings (SSSR count). The summed E-state index contributed by atoms with van der Waals surface area (Å²) >= 11 is 6.06. The van der Waals surface area contributed by atoms with E-state index in [1.807, 2.05) is 31.2 Å². The minimum Gasteiger partial charge on any atom is -0.393 e. The lowest BCUT2D eigenvalue weighted by molar-refractivity contribution is 0.0867. The molecular formula is C18H22ClN3O2. The molecule has 0 spiro atoms. The number of halogens is 1. The minimum absolute atomic E-state index is 0.0958. The van der Waals surface area contributed by atoms with E-state index in [4.69, 9.17) is 11.6 Å². The molecule has 1 aromatic heterocycles. The van der Waals surface area contributed by atoms with Crippen molar-refractivity contribution < 1.29 is 9.90 Å². The topological polar surface area (TPSA) is 67.2 Å². The second kappa shape index (κ2) is 7.36. The van der Waals surface area contributed by atoms with Crippen LogP contribution in [0.3, 0.4) is 0 Å². The SMILES string of the molecule is CCc1c(C(=O)NC2CCC(O)CC2)cnn1-c1cccc(Cl)c1. The molecule has 1 aliphatic carbocycles. The number of carbonyl (C=O) groups is 1. The van der Waals surface area contributed by atoms with Gasteiger partial charge in [0.15, 0.2) is 0 Å². The maximum absolute atomic E-state index is 12.6. The largest absolute Gasteiger partial charge is 0.393 e.